The minimum absolute atomic E-state index is 0.0112. The molecular formula is C27H30F2N6O2. The minimum Gasteiger partial charge on any atom is -0.397 e. The Morgan fingerprint density at radius 3 is 2.73 bits per heavy atom. The Morgan fingerprint density at radius 2 is 2.00 bits per heavy atom. The number of amides is 1. The largest absolute Gasteiger partial charge is 0.397 e. The molecule has 10 heteroatoms. The number of pyridine rings is 2. The maximum absolute atomic E-state index is 14.7. The molecule has 1 amide bonds. The number of ketones is 1. The lowest BCUT2D eigenvalue weighted by molar-refractivity contribution is 0.0941. The molecule has 1 fully saturated rings. The smallest absolute Gasteiger partial charge is 0.251 e. The second-order valence-corrected chi connectivity index (χ2v) is 9.48. The standard InChI is InChI=1S/C27H30F2N6O2/c1-15(2)33-27(37)16-3-4-19(28)18(11-16)23-6-5-21(30)26(34-23)25(36)12-17-13-32-9-7-24(17)35-10-8-20(29)22(31)14-35/h3-7,9,11,13,15,20,22H,8,10,12,14,30-31H2,1-2H3,(H,33,37)/t20-,22-/m1/s1. The molecule has 1 aromatic carbocycles. The number of piperidine rings is 1. The molecule has 1 saturated heterocycles. The average Bonchev–Trinajstić information content (AvgIpc) is 2.86. The molecule has 5 N–H and O–H groups in total. The lowest BCUT2D eigenvalue weighted by Gasteiger charge is -2.35. The molecule has 1 aliphatic heterocycles. The number of hydrogen-bond acceptors (Lipinski definition) is 7. The predicted octanol–water partition coefficient (Wildman–Crippen LogP) is 3.30. The van der Waals surface area contributed by atoms with Crippen molar-refractivity contribution in [2.45, 2.75) is 44.9 Å². The highest BCUT2D eigenvalue weighted by Crippen LogP contribution is 2.28. The van der Waals surface area contributed by atoms with Crippen LogP contribution >= 0.6 is 0 Å². The summed E-state index contributed by atoms with van der Waals surface area (Å²) in [6, 6.07) is 8.04. The number of halogens is 2. The molecule has 3 aromatic rings. The molecule has 4 rings (SSSR count). The van der Waals surface area contributed by atoms with E-state index in [1.807, 2.05) is 18.7 Å². The maximum atomic E-state index is 14.7. The predicted molar refractivity (Wildman–Crippen MR) is 139 cm³/mol. The zero-order valence-corrected chi connectivity index (χ0v) is 20.7. The highest BCUT2D eigenvalue weighted by atomic mass is 19.1. The first-order valence-corrected chi connectivity index (χ1v) is 12.1. The van der Waals surface area contributed by atoms with E-state index in [1.165, 1.54) is 30.3 Å². The van der Waals surface area contributed by atoms with Crippen LogP contribution in [0.5, 0.6) is 0 Å². The first-order chi connectivity index (χ1) is 17.6. The van der Waals surface area contributed by atoms with Gasteiger partial charge in [-0.3, -0.25) is 14.6 Å². The number of alkyl halides is 1. The molecule has 0 saturated carbocycles. The Hall–Kier alpha value is -3.92. The summed E-state index contributed by atoms with van der Waals surface area (Å²) in [4.78, 5) is 36.2. The number of nitrogens with one attached hydrogen (secondary N) is 1. The van der Waals surface area contributed by atoms with Gasteiger partial charge < -0.3 is 21.7 Å². The van der Waals surface area contributed by atoms with Gasteiger partial charge >= 0.3 is 0 Å². The van der Waals surface area contributed by atoms with Gasteiger partial charge in [0, 0.05) is 60.3 Å². The van der Waals surface area contributed by atoms with Crippen LogP contribution in [0, 0.1) is 5.82 Å². The van der Waals surface area contributed by atoms with Gasteiger partial charge in [-0.2, -0.15) is 0 Å². The molecule has 8 nitrogen and oxygen atoms in total. The number of anilines is 2. The van der Waals surface area contributed by atoms with Crippen molar-refractivity contribution in [2.24, 2.45) is 5.73 Å². The third kappa shape index (κ3) is 5.91. The fraction of sp³-hybridized carbons (Fsp3) is 0.333. The van der Waals surface area contributed by atoms with Crippen LogP contribution in [-0.4, -0.2) is 53.0 Å². The molecule has 3 heterocycles. The van der Waals surface area contributed by atoms with Crippen LogP contribution in [0.4, 0.5) is 20.2 Å². The van der Waals surface area contributed by atoms with Gasteiger partial charge in [0.1, 0.15) is 17.7 Å². The van der Waals surface area contributed by atoms with E-state index in [0.717, 1.165) is 5.69 Å². The van der Waals surface area contributed by atoms with Gasteiger partial charge in [0.25, 0.3) is 5.91 Å². The normalized spacial score (nSPS) is 17.6. The Labute approximate surface area is 214 Å². The summed E-state index contributed by atoms with van der Waals surface area (Å²) in [7, 11) is 0. The van der Waals surface area contributed by atoms with Crippen molar-refractivity contribution in [1.82, 2.24) is 15.3 Å². The molecule has 1 aliphatic rings. The number of nitrogens with two attached hydrogens (primary N) is 2. The monoisotopic (exact) mass is 508 g/mol. The lowest BCUT2D eigenvalue weighted by Crippen LogP contribution is -2.50. The van der Waals surface area contributed by atoms with Crippen molar-refractivity contribution in [3.63, 3.8) is 0 Å². The van der Waals surface area contributed by atoms with Gasteiger partial charge in [-0.05, 0) is 56.7 Å². The van der Waals surface area contributed by atoms with Crippen molar-refractivity contribution >= 4 is 23.1 Å². The van der Waals surface area contributed by atoms with E-state index in [0.29, 0.717) is 25.1 Å². The number of rotatable bonds is 7. The second-order valence-electron chi connectivity index (χ2n) is 9.48. The number of carbonyl (C=O) groups excluding carboxylic acids is 2. The second kappa shape index (κ2) is 11.0. The number of benzene rings is 1. The third-order valence-electron chi connectivity index (χ3n) is 6.25. The topological polar surface area (TPSA) is 127 Å². The van der Waals surface area contributed by atoms with Crippen LogP contribution < -0.4 is 21.7 Å². The van der Waals surface area contributed by atoms with Gasteiger partial charge in [-0.1, -0.05) is 0 Å². The van der Waals surface area contributed by atoms with Crippen molar-refractivity contribution in [1.29, 1.82) is 0 Å². The molecule has 0 spiro atoms. The van der Waals surface area contributed by atoms with E-state index in [-0.39, 0.29) is 52.4 Å². The Balaban J connectivity index is 1.62. The van der Waals surface area contributed by atoms with Crippen molar-refractivity contribution in [2.75, 3.05) is 23.7 Å². The zero-order chi connectivity index (χ0) is 26.7. The Morgan fingerprint density at radius 1 is 1.22 bits per heavy atom. The fourth-order valence-corrected chi connectivity index (χ4v) is 4.34. The molecule has 37 heavy (non-hydrogen) atoms. The SMILES string of the molecule is CC(C)NC(=O)c1ccc(F)c(-c2ccc(N)c(C(=O)Cc3cnccc3N3CC[C@@H](F)[C@H](N)C3)n2)c1. The molecule has 2 atom stereocenters. The summed E-state index contributed by atoms with van der Waals surface area (Å²) in [5.41, 5.74) is 14.0. The van der Waals surface area contributed by atoms with Crippen LogP contribution in [0.3, 0.4) is 0 Å². The molecule has 2 aromatic heterocycles. The van der Waals surface area contributed by atoms with Crippen molar-refractivity contribution in [3.05, 3.63) is 71.4 Å². The van der Waals surface area contributed by atoms with E-state index in [4.69, 9.17) is 11.5 Å². The van der Waals surface area contributed by atoms with E-state index in [2.05, 4.69) is 15.3 Å². The number of carbonyl (C=O) groups is 2. The number of hydrogen-bond donors (Lipinski definition) is 3. The summed E-state index contributed by atoms with van der Waals surface area (Å²) in [6.45, 7) is 4.44. The molecule has 194 valence electrons. The maximum Gasteiger partial charge on any atom is 0.251 e. The number of nitrogens with zero attached hydrogens (tertiary/aromatic N) is 3. The number of Topliss-reactive ketones (excluding diaryl/α,β-unsaturated/α-hetero) is 1. The summed E-state index contributed by atoms with van der Waals surface area (Å²) >= 11 is 0. The summed E-state index contributed by atoms with van der Waals surface area (Å²) in [5, 5.41) is 2.77. The highest BCUT2D eigenvalue weighted by molar-refractivity contribution is 6.01. The van der Waals surface area contributed by atoms with Gasteiger partial charge in [0.05, 0.1) is 17.4 Å². The van der Waals surface area contributed by atoms with Gasteiger partial charge in [0.2, 0.25) is 0 Å². The van der Waals surface area contributed by atoms with Crippen molar-refractivity contribution in [3.8, 4) is 11.3 Å². The Kier molecular flexibility index (Phi) is 7.77. The fourth-order valence-electron chi connectivity index (χ4n) is 4.34. The van der Waals surface area contributed by atoms with E-state index < -0.39 is 18.0 Å². The summed E-state index contributed by atoms with van der Waals surface area (Å²) in [6.07, 6.45) is 2.36. The zero-order valence-electron chi connectivity index (χ0n) is 20.7. The minimum atomic E-state index is -1.06. The summed E-state index contributed by atoms with van der Waals surface area (Å²) in [5.74, 6) is -1.31. The van der Waals surface area contributed by atoms with Crippen LogP contribution in [0.1, 0.15) is 46.7 Å². The average molecular weight is 509 g/mol. The van der Waals surface area contributed by atoms with E-state index >= 15 is 0 Å². The van der Waals surface area contributed by atoms with Gasteiger partial charge in [-0.25, -0.2) is 13.8 Å². The first kappa shape index (κ1) is 26.2. The summed E-state index contributed by atoms with van der Waals surface area (Å²) < 4.78 is 28.6. The van der Waals surface area contributed by atoms with Gasteiger partial charge in [-0.15, -0.1) is 0 Å². The lowest BCUT2D eigenvalue weighted by atomic mass is 10.00. The van der Waals surface area contributed by atoms with E-state index in [1.54, 1.807) is 18.5 Å². The molecule has 0 radical (unpaired) electrons. The quantitative estimate of drug-likeness (QED) is 0.418. The molecular weight excluding hydrogens is 478 g/mol. The number of aromatic nitrogens is 2. The molecule has 0 aliphatic carbocycles. The van der Waals surface area contributed by atoms with Crippen LogP contribution in [-0.2, 0) is 6.42 Å². The van der Waals surface area contributed by atoms with Gasteiger partial charge in [0.15, 0.2) is 5.78 Å². The number of nitrogen functional groups attached to an aromatic ring is 1. The van der Waals surface area contributed by atoms with Crippen LogP contribution in [0.2, 0.25) is 0 Å². The Bertz CT molecular complexity index is 1320. The first-order valence-electron chi connectivity index (χ1n) is 12.1. The molecule has 0 bridgehead atoms. The van der Waals surface area contributed by atoms with Crippen LogP contribution in [0.15, 0.2) is 48.8 Å². The third-order valence-corrected chi connectivity index (χ3v) is 6.25. The van der Waals surface area contributed by atoms with Crippen molar-refractivity contribution < 1.29 is 18.4 Å². The highest BCUT2D eigenvalue weighted by Gasteiger charge is 2.28. The molecule has 0 unspecified atom stereocenters. The van der Waals surface area contributed by atoms with E-state index in [9.17, 15) is 18.4 Å². The van der Waals surface area contributed by atoms with Crippen LogP contribution in [0.25, 0.3) is 11.3 Å².